The molecular weight excluding hydrogens is 300 g/mol. The summed E-state index contributed by atoms with van der Waals surface area (Å²) < 4.78 is 26.5. The van der Waals surface area contributed by atoms with Crippen molar-refractivity contribution in [2.24, 2.45) is 0 Å². The summed E-state index contributed by atoms with van der Waals surface area (Å²) in [5.74, 6) is 0.363. The molecule has 0 aliphatic carbocycles. The molecule has 0 bridgehead atoms. The van der Waals surface area contributed by atoms with Gasteiger partial charge >= 0.3 is 5.69 Å². The number of hydrogen-bond donors (Lipinski definition) is 0. The van der Waals surface area contributed by atoms with Crippen LogP contribution in [0.2, 0.25) is 0 Å². The Bertz CT molecular complexity index is 609. The molecule has 1 aromatic rings. The minimum Gasteiger partial charge on any atom is -0.338 e. The molecule has 0 aromatic carbocycles. The fourth-order valence-corrected chi connectivity index (χ4v) is 3.01. The van der Waals surface area contributed by atoms with Crippen LogP contribution in [0, 0.1) is 10.1 Å². The molecule has 2 rings (SSSR count). The normalized spacial score (nSPS) is 17.2. The molecule has 10 nitrogen and oxygen atoms in total. The Kier molecular flexibility index (Phi) is 4.34. The summed E-state index contributed by atoms with van der Waals surface area (Å²) in [5, 5.41) is 10.5. The molecule has 1 aliphatic heterocycles. The molecular formula is C10H16N6O4S. The molecule has 11 heteroatoms. The van der Waals surface area contributed by atoms with Crippen molar-refractivity contribution in [2.75, 3.05) is 45.2 Å². The number of hydrogen-bond acceptors (Lipinski definition) is 7. The Hall–Kier alpha value is -1.85. The van der Waals surface area contributed by atoms with Crippen LogP contribution in [0.25, 0.3) is 0 Å². The van der Waals surface area contributed by atoms with Crippen molar-refractivity contribution >= 4 is 21.8 Å². The Morgan fingerprint density at radius 2 is 1.71 bits per heavy atom. The molecule has 21 heavy (non-hydrogen) atoms. The summed E-state index contributed by atoms with van der Waals surface area (Å²) in [7, 11) is -0.439. The van der Waals surface area contributed by atoms with Crippen molar-refractivity contribution in [3.05, 3.63) is 22.5 Å². The van der Waals surface area contributed by atoms with Crippen molar-refractivity contribution in [1.82, 2.24) is 18.6 Å². The summed E-state index contributed by atoms with van der Waals surface area (Å²) in [4.78, 5) is 19.7. The Labute approximate surface area is 122 Å². The minimum atomic E-state index is -3.41. The van der Waals surface area contributed by atoms with Gasteiger partial charge in [0, 0.05) is 40.3 Å². The average Bonchev–Trinajstić information content (AvgIpc) is 2.47. The van der Waals surface area contributed by atoms with Crippen molar-refractivity contribution in [1.29, 1.82) is 0 Å². The third kappa shape index (κ3) is 3.25. The second-order valence-corrected chi connectivity index (χ2v) is 6.82. The zero-order valence-corrected chi connectivity index (χ0v) is 12.5. The highest BCUT2D eigenvalue weighted by Gasteiger charge is 2.29. The molecule has 0 atom stereocenters. The second-order valence-electron chi connectivity index (χ2n) is 4.67. The van der Waals surface area contributed by atoms with Gasteiger partial charge in [0.15, 0.2) is 0 Å². The predicted octanol–water partition coefficient (Wildman–Crippen LogP) is -0.687. The SMILES string of the molecule is CN(C)S(=O)(=O)N1CCN(c2ncc([N+](=O)[O-])cn2)CC1. The van der Waals surface area contributed by atoms with Crippen LogP contribution in [-0.4, -0.2) is 72.2 Å². The topological polar surface area (TPSA) is 113 Å². The van der Waals surface area contributed by atoms with E-state index < -0.39 is 15.1 Å². The van der Waals surface area contributed by atoms with Crippen LogP contribution < -0.4 is 4.90 Å². The lowest BCUT2D eigenvalue weighted by molar-refractivity contribution is -0.385. The average molecular weight is 316 g/mol. The molecule has 1 saturated heterocycles. The van der Waals surface area contributed by atoms with E-state index in [2.05, 4.69) is 9.97 Å². The first kappa shape index (κ1) is 15.5. The van der Waals surface area contributed by atoms with E-state index in [0.717, 1.165) is 12.4 Å². The first-order valence-corrected chi connectivity index (χ1v) is 7.61. The van der Waals surface area contributed by atoms with Gasteiger partial charge < -0.3 is 4.90 Å². The molecule has 0 unspecified atom stereocenters. The second kappa shape index (κ2) is 5.87. The third-order valence-corrected chi connectivity index (χ3v) is 5.09. The van der Waals surface area contributed by atoms with E-state index >= 15 is 0 Å². The van der Waals surface area contributed by atoms with E-state index in [1.807, 2.05) is 0 Å². The van der Waals surface area contributed by atoms with Gasteiger partial charge in [-0.1, -0.05) is 0 Å². The van der Waals surface area contributed by atoms with Gasteiger partial charge in [-0.2, -0.15) is 17.0 Å². The van der Waals surface area contributed by atoms with Crippen LogP contribution in [-0.2, 0) is 10.2 Å². The lowest BCUT2D eigenvalue weighted by Gasteiger charge is -2.34. The van der Waals surface area contributed by atoms with E-state index in [0.29, 0.717) is 32.1 Å². The molecule has 0 saturated carbocycles. The summed E-state index contributed by atoms with van der Waals surface area (Å²) >= 11 is 0. The standard InChI is InChI=1S/C10H16N6O4S/c1-13(2)21(19,20)15-5-3-14(4-6-15)10-11-7-9(8-12-10)16(17)18/h7-8H,3-6H2,1-2H3. The fourth-order valence-electron chi connectivity index (χ4n) is 1.92. The van der Waals surface area contributed by atoms with Crippen molar-refractivity contribution < 1.29 is 13.3 Å². The molecule has 1 fully saturated rings. The fraction of sp³-hybridized carbons (Fsp3) is 0.600. The molecule has 0 spiro atoms. The van der Waals surface area contributed by atoms with E-state index in [4.69, 9.17) is 0 Å². The Balaban J connectivity index is 2.03. The molecule has 116 valence electrons. The van der Waals surface area contributed by atoms with Crippen LogP contribution in [0.1, 0.15) is 0 Å². The van der Waals surface area contributed by atoms with Gasteiger partial charge in [-0.15, -0.1) is 0 Å². The number of nitrogens with zero attached hydrogens (tertiary/aromatic N) is 6. The van der Waals surface area contributed by atoms with Crippen LogP contribution >= 0.6 is 0 Å². The quantitative estimate of drug-likeness (QED) is 0.534. The highest BCUT2D eigenvalue weighted by molar-refractivity contribution is 7.86. The van der Waals surface area contributed by atoms with Gasteiger partial charge in [0.25, 0.3) is 10.2 Å². The van der Waals surface area contributed by atoms with Crippen LogP contribution in [0.5, 0.6) is 0 Å². The van der Waals surface area contributed by atoms with E-state index in [1.165, 1.54) is 22.7 Å². The number of anilines is 1. The molecule has 1 aliphatic rings. The highest BCUT2D eigenvalue weighted by atomic mass is 32.2. The largest absolute Gasteiger partial charge is 0.338 e. The lowest BCUT2D eigenvalue weighted by atomic mass is 10.4. The van der Waals surface area contributed by atoms with Crippen molar-refractivity contribution in [2.45, 2.75) is 0 Å². The maximum atomic E-state index is 12.0. The first-order valence-electron chi connectivity index (χ1n) is 6.21. The van der Waals surface area contributed by atoms with Crippen LogP contribution in [0.4, 0.5) is 11.6 Å². The van der Waals surface area contributed by atoms with Gasteiger partial charge in [-0.3, -0.25) is 10.1 Å². The van der Waals surface area contributed by atoms with Gasteiger partial charge in [0.2, 0.25) is 5.95 Å². The molecule has 0 N–H and O–H groups in total. The van der Waals surface area contributed by atoms with Gasteiger partial charge in [-0.05, 0) is 0 Å². The van der Waals surface area contributed by atoms with Gasteiger partial charge in [-0.25, -0.2) is 9.97 Å². The summed E-state index contributed by atoms with van der Waals surface area (Å²) in [6.07, 6.45) is 2.29. The van der Waals surface area contributed by atoms with Crippen LogP contribution in [0.3, 0.4) is 0 Å². The van der Waals surface area contributed by atoms with Crippen molar-refractivity contribution in [3.8, 4) is 0 Å². The Morgan fingerprint density at radius 3 is 2.14 bits per heavy atom. The van der Waals surface area contributed by atoms with Gasteiger partial charge in [0.1, 0.15) is 12.4 Å². The van der Waals surface area contributed by atoms with E-state index in [-0.39, 0.29) is 5.69 Å². The number of aromatic nitrogens is 2. The maximum Gasteiger partial charge on any atom is 0.305 e. The summed E-state index contributed by atoms with van der Waals surface area (Å²) in [6, 6.07) is 0. The molecule has 2 heterocycles. The third-order valence-electron chi connectivity index (χ3n) is 3.14. The predicted molar refractivity (Wildman–Crippen MR) is 75.1 cm³/mol. The molecule has 1 aromatic heterocycles. The smallest absolute Gasteiger partial charge is 0.305 e. The van der Waals surface area contributed by atoms with Crippen LogP contribution in [0.15, 0.2) is 12.4 Å². The lowest BCUT2D eigenvalue weighted by Crippen LogP contribution is -2.52. The zero-order valence-electron chi connectivity index (χ0n) is 11.7. The number of piperazine rings is 1. The summed E-state index contributed by atoms with van der Waals surface area (Å²) in [5.41, 5.74) is -0.174. The van der Waals surface area contributed by atoms with E-state index in [1.54, 1.807) is 4.90 Å². The molecule has 0 radical (unpaired) electrons. The molecule has 0 amide bonds. The van der Waals surface area contributed by atoms with Crippen molar-refractivity contribution in [3.63, 3.8) is 0 Å². The minimum absolute atomic E-state index is 0.174. The zero-order chi connectivity index (χ0) is 15.6. The first-order chi connectivity index (χ1) is 9.82. The monoisotopic (exact) mass is 316 g/mol. The number of rotatable bonds is 4. The van der Waals surface area contributed by atoms with E-state index in [9.17, 15) is 18.5 Å². The number of nitro groups is 1. The maximum absolute atomic E-state index is 12.0. The highest BCUT2D eigenvalue weighted by Crippen LogP contribution is 2.16. The van der Waals surface area contributed by atoms with Gasteiger partial charge in [0.05, 0.1) is 4.92 Å². The summed E-state index contributed by atoms with van der Waals surface area (Å²) in [6.45, 7) is 1.51. The Morgan fingerprint density at radius 1 is 1.19 bits per heavy atom.